The molecule has 1 atom stereocenters. The van der Waals surface area contributed by atoms with Crippen LogP contribution in [0.5, 0.6) is 5.75 Å². The van der Waals surface area contributed by atoms with Crippen LogP contribution in [-0.4, -0.2) is 23.9 Å². The Morgan fingerprint density at radius 1 is 1.00 bits per heavy atom. The Morgan fingerprint density at radius 3 is 2.23 bits per heavy atom. The number of amides is 1. The number of carbonyl (C=O) groups excluding carboxylic acids is 2. The van der Waals surface area contributed by atoms with Crippen molar-refractivity contribution in [1.82, 2.24) is 0 Å². The zero-order valence-corrected chi connectivity index (χ0v) is 20.1. The third-order valence-corrected chi connectivity index (χ3v) is 6.15. The van der Waals surface area contributed by atoms with Crippen molar-refractivity contribution in [2.45, 2.75) is 32.2 Å². The lowest BCUT2D eigenvalue weighted by molar-refractivity contribution is -0.132. The average molecular weight is 467 g/mol. The molecular weight excluding hydrogens is 440 g/mol. The number of carbonyl (C=O) groups is 2. The summed E-state index contributed by atoms with van der Waals surface area (Å²) in [5.74, 6) is -1.44. The number of ether oxygens (including phenoxy) is 1. The predicted octanol–water partition coefficient (Wildman–Crippen LogP) is 5.49. The number of ketones is 1. The summed E-state index contributed by atoms with van der Waals surface area (Å²) in [7, 11) is 1.49. The highest BCUT2D eigenvalue weighted by atomic mass is 16.5. The van der Waals surface area contributed by atoms with E-state index >= 15 is 0 Å². The van der Waals surface area contributed by atoms with Gasteiger partial charge in [0.15, 0.2) is 0 Å². The van der Waals surface area contributed by atoms with Crippen LogP contribution in [0.4, 0.5) is 5.69 Å². The van der Waals surface area contributed by atoms with Gasteiger partial charge >= 0.3 is 0 Å². The number of nitrogens with zero attached hydrogens (tertiary/aromatic N) is 2. The zero-order valence-electron chi connectivity index (χ0n) is 20.1. The van der Waals surface area contributed by atoms with Gasteiger partial charge in [0.2, 0.25) is 0 Å². The molecule has 0 aromatic heterocycles. The van der Waals surface area contributed by atoms with E-state index in [4.69, 9.17) is 10.00 Å². The lowest BCUT2D eigenvalue weighted by Gasteiger charge is -2.26. The van der Waals surface area contributed by atoms with Gasteiger partial charge < -0.3 is 9.84 Å². The molecule has 1 aliphatic rings. The Hall–Kier alpha value is -4.37. The largest absolute Gasteiger partial charge is 0.507 e. The molecule has 1 heterocycles. The molecule has 3 aromatic rings. The second-order valence-corrected chi connectivity index (χ2v) is 9.40. The van der Waals surface area contributed by atoms with Gasteiger partial charge in [0.25, 0.3) is 11.7 Å². The molecule has 6 heteroatoms. The van der Waals surface area contributed by atoms with E-state index < -0.39 is 17.7 Å². The standard InChI is InChI=1S/C29H26N2O4/c1-29(2,3)20-12-15-23(35-4)22(16-20)26(32)24-25(19-8-6-5-7-9-19)31(28(34)27(24)33)21-13-10-18(17-30)11-14-21/h5-16,25,32H,1-4H3/b26-24+. The quantitative estimate of drug-likeness (QED) is 0.312. The van der Waals surface area contributed by atoms with Crippen molar-refractivity contribution < 1.29 is 19.4 Å². The monoisotopic (exact) mass is 466 g/mol. The van der Waals surface area contributed by atoms with E-state index in [0.29, 0.717) is 28.1 Å². The molecule has 0 spiro atoms. The summed E-state index contributed by atoms with van der Waals surface area (Å²) in [6, 6.07) is 22.2. The molecule has 4 rings (SSSR count). The number of Topliss-reactive ketones (excluding diaryl/α,β-unsaturated/α-hetero) is 1. The summed E-state index contributed by atoms with van der Waals surface area (Å²) in [4.78, 5) is 28.1. The molecular formula is C29H26N2O4. The van der Waals surface area contributed by atoms with Crippen LogP contribution < -0.4 is 9.64 Å². The van der Waals surface area contributed by atoms with E-state index in [1.165, 1.54) is 12.0 Å². The lowest BCUT2D eigenvalue weighted by Crippen LogP contribution is -2.29. The molecule has 0 saturated carbocycles. The van der Waals surface area contributed by atoms with Gasteiger partial charge in [-0.3, -0.25) is 14.5 Å². The molecule has 0 bridgehead atoms. The smallest absolute Gasteiger partial charge is 0.300 e. The third-order valence-electron chi connectivity index (χ3n) is 6.15. The average Bonchev–Trinajstić information content (AvgIpc) is 3.13. The fourth-order valence-electron chi connectivity index (χ4n) is 4.25. The summed E-state index contributed by atoms with van der Waals surface area (Å²) in [5, 5.41) is 20.7. The number of hydrogen-bond acceptors (Lipinski definition) is 5. The predicted molar refractivity (Wildman–Crippen MR) is 134 cm³/mol. The second-order valence-electron chi connectivity index (χ2n) is 9.40. The van der Waals surface area contributed by atoms with Gasteiger partial charge in [-0.25, -0.2) is 0 Å². The summed E-state index contributed by atoms with van der Waals surface area (Å²) >= 11 is 0. The van der Waals surface area contributed by atoms with Crippen LogP contribution in [0.3, 0.4) is 0 Å². The topological polar surface area (TPSA) is 90.6 Å². The first-order valence-electron chi connectivity index (χ1n) is 11.2. The van der Waals surface area contributed by atoms with Gasteiger partial charge in [-0.15, -0.1) is 0 Å². The summed E-state index contributed by atoms with van der Waals surface area (Å²) in [5.41, 5.74) is 2.61. The molecule has 1 unspecified atom stereocenters. The minimum atomic E-state index is -0.855. The van der Waals surface area contributed by atoms with Crippen molar-refractivity contribution >= 4 is 23.1 Å². The van der Waals surface area contributed by atoms with Crippen LogP contribution >= 0.6 is 0 Å². The van der Waals surface area contributed by atoms with Crippen molar-refractivity contribution in [3.63, 3.8) is 0 Å². The van der Waals surface area contributed by atoms with Crippen molar-refractivity contribution in [1.29, 1.82) is 5.26 Å². The lowest BCUT2D eigenvalue weighted by atomic mass is 9.85. The van der Waals surface area contributed by atoms with Crippen molar-refractivity contribution in [2.75, 3.05) is 12.0 Å². The van der Waals surface area contributed by atoms with Crippen molar-refractivity contribution in [3.05, 3.63) is 101 Å². The summed E-state index contributed by atoms with van der Waals surface area (Å²) in [6.45, 7) is 6.14. The molecule has 1 fully saturated rings. The number of methoxy groups -OCH3 is 1. The van der Waals surface area contributed by atoms with Crippen LogP contribution in [0.1, 0.15) is 49.1 Å². The van der Waals surface area contributed by atoms with Gasteiger partial charge in [0.05, 0.1) is 35.9 Å². The normalized spacial score (nSPS) is 17.3. The molecule has 35 heavy (non-hydrogen) atoms. The van der Waals surface area contributed by atoms with Crippen LogP contribution in [0.25, 0.3) is 5.76 Å². The molecule has 1 aliphatic heterocycles. The van der Waals surface area contributed by atoms with Crippen molar-refractivity contribution in [3.8, 4) is 11.8 Å². The Bertz CT molecular complexity index is 1360. The zero-order chi connectivity index (χ0) is 25.3. The molecule has 1 amide bonds. The van der Waals surface area contributed by atoms with Crippen LogP contribution in [0.15, 0.2) is 78.4 Å². The van der Waals surface area contributed by atoms with Crippen LogP contribution in [0.2, 0.25) is 0 Å². The van der Waals surface area contributed by atoms with E-state index in [9.17, 15) is 14.7 Å². The van der Waals surface area contributed by atoms with Gasteiger partial charge in [0.1, 0.15) is 11.5 Å². The number of benzene rings is 3. The fourth-order valence-corrected chi connectivity index (χ4v) is 4.25. The molecule has 0 aliphatic carbocycles. The molecule has 1 saturated heterocycles. The molecule has 1 N–H and O–H groups in total. The van der Waals surface area contributed by atoms with Gasteiger partial charge in [0, 0.05) is 5.69 Å². The molecule has 0 radical (unpaired) electrons. The number of aliphatic hydroxyl groups excluding tert-OH is 1. The third kappa shape index (κ3) is 4.29. The first-order chi connectivity index (χ1) is 16.7. The first kappa shape index (κ1) is 23.8. The highest BCUT2D eigenvalue weighted by Gasteiger charge is 2.47. The van der Waals surface area contributed by atoms with E-state index in [-0.39, 0.29) is 16.7 Å². The first-order valence-corrected chi connectivity index (χ1v) is 11.2. The number of aliphatic hydroxyl groups is 1. The highest BCUT2D eigenvalue weighted by molar-refractivity contribution is 6.51. The van der Waals surface area contributed by atoms with Gasteiger partial charge in [-0.1, -0.05) is 57.2 Å². The Morgan fingerprint density at radius 2 is 1.66 bits per heavy atom. The van der Waals surface area contributed by atoms with Gasteiger partial charge in [-0.2, -0.15) is 5.26 Å². The molecule has 6 nitrogen and oxygen atoms in total. The van der Waals surface area contributed by atoms with Crippen LogP contribution in [-0.2, 0) is 15.0 Å². The molecule has 176 valence electrons. The number of rotatable bonds is 4. The fraction of sp³-hybridized carbons (Fsp3) is 0.207. The maximum absolute atomic E-state index is 13.4. The Labute approximate surface area is 204 Å². The maximum atomic E-state index is 13.4. The van der Waals surface area contributed by atoms with Crippen LogP contribution in [0, 0.1) is 11.3 Å². The second kappa shape index (κ2) is 9.11. The van der Waals surface area contributed by atoms with Gasteiger partial charge in [-0.05, 0) is 52.9 Å². The highest BCUT2D eigenvalue weighted by Crippen LogP contribution is 2.43. The number of nitriles is 1. The van der Waals surface area contributed by atoms with E-state index in [1.54, 1.807) is 36.4 Å². The molecule has 3 aromatic carbocycles. The van der Waals surface area contributed by atoms with E-state index in [2.05, 4.69) is 6.07 Å². The maximum Gasteiger partial charge on any atom is 0.300 e. The van der Waals surface area contributed by atoms with E-state index in [0.717, 1.165) is 5.56 Å². The van der Waals surface area contributed by atoms with E-state index in [1.807, 2.05) is 57.2 Å². The minimum absolute atomic E-state index is 0.0186. The number of anilines is 1. The summed E-state index contributed by atoms with van der Waals surface area (Å²) in [6.07, 6.45) is 0. The SMILES string of the molecule is COc1ccc(C(C)(C)C)cc1/C(O)=C1\C(=O)C(=O)N(c2ccc(C#N)cc2)C1c1ccccc1. The minimum Gasteiger partial charge on any atom is -0.507 e. The summed E-state index contributed by atoms with van der Waals surface area (Å²) < 4.78 is 5.50. The Kier molecular flexibility index (Phi) is 6.19. The van der Waals surface area contributed by atoms with Crippen molar-refractivity contribution in [2.24, 2.45) is 0 Å². The Balaban J connectivity index is 1.97. The number of hydrogen-bond donors (Lipinski definition) is 1.